The van der Waals surface area contributed by atoms with Crippen LogP contribution in [0.3, 0.4) is 0 Å². The van der Waals surface area contributed by atoms with Crippen LogP contribution in [0.5, 0.6) is 0 Å². The van der Waals surface area contributed by atoms with Crippen molar-refractivity contribution < 1.29 is 18.0 Å². The minimum atomic E-state index is -2.42. The minimum Gasteiger partial charge on any atom is -0.303 e. The Hall–Kier alpha value is -0.800. The van der Waals surface area contributed by atoms with E-state index in [1.807, 2.05) is 0 Å². The molecule has 0 aromatic heterocycles. The smallest absolute Gasteiger partial charge is 0.301 e. The zero-order chi connectivity index (χ0) is 6.57. The van der Waals surface area contributed by atoms with Crippen molar-refractivity contribution in [3.63, 3.8) is 0 Å². The maximum atomic E-state index is 11.4. The second kappa shape index (κ2) is 3.23. The SMILES string of the molecule is O=CCC(F)=C(F)F. The lowest BCUT2D eigenvalue weighted by Gasteiger charge is -1.81. The first kappa shape index (κ1) is 7.20. The van der Waals surface area contributed by atoms with Gasteiger partial charge < -0.3 is 4.79 Å². The highest BCUT2D eigenvalue weighted by Crippen LogP contribution is 2.10. The second-order valence-corrected chi connectivity index (χ2v) is 1.04. The van der Waals surface area contributed by atoms with Crippen molar-refractivity contribution in [1.82, 2.24) is 0 Å². The van der Waals surface area contributed by atoms with Crippen LogP contribution in [0.25, 0.3) is 0 Å². The summed E-state index contributed by atoms with van der Waals surface area (Å²) in [6.07, 6.45) is -3.17. The van der Waals surface area contributed by atoms with Crippen molar-refractivity contribution in [2.24, 2.45) is 0 Å². The van der Waals surface area contributed by atoms with E-state index in [1.165, 1.54) is 0 Å². The molecule has 0 saturated carbocycles. The summed E-state index contributed by atoms with van der Waals surface area (Å²) in [4.78, 5) is 9.31. The van der Waals surface area contributed by atoms with E-state index in [9.17, 15) is 18.0 Å². The van der Waals surface area contributed by atoms with E-state index >= 15 is 0 Å². The molecule has 0 fully saturated rings. The number of hydrogen-bond acceptors (Lipinski definition) is 1. The molecule has 0 aromatic rings. The van der Waals surface area contributed by atoms with Gasteiger partial charge in [-0.3, -0.25) is 0 Å². The van der Waals surface area contributed by atoms with E-state index < -0.39 is 18.3 Å². The van der Waals surface area contributed by atoms with Crippen molar-refractivity contribution in [2.45, 2.75) is 6.42 Å². The molecule has 46 valence electrons. The van der Waals surface area contributed by atoms with Gasteiger partial charge in [0.2, 0.25) is 0 Å². The van der Waals surface area contributed by atoms with Crippen LogP contribution in [0.1, 0.15) is 6.42 Å². The third kappa shape index (κ3) is 2.39. The molecule has 0 radical (unpaired) electrons. The molecule has 4 heteroatoms. The Labute approximate surface area is 43.8 Å². The highest BCUT2D eigenvalue weighted by molar-refractivity contribution is 5.53. The Morgan fingerprint density at radius 3 is 2.00 bits per heavy atom. The fourth-order valence-electron chi connectivity index (χ4n) is 0.150. The van der Waals surface area contributed by atoms with Gasteiger partial charge in [0, 0.05) is 0 Å². The molecule has 0 N–H and O–H groups in total. The standard InChI is InChI=1S/C4H3F3O/c5-3(1-2-8)4(6)7/h2H,1H2. The molecule has 1 nitrogen and oxygen atoms in total. The normalized spacial score (nSPS) is 8.38. The molecule has 0 atom stereocenters. The summed E-state index contributed by atoms with van der Waals surface area (Å²) in [7, 11) is 0. The number of hydrogen-bond donors (Lipinski definition) is 0. The molecule has 0 rings (SSSR count). The molecule has 0 aliphatic rings. The molecule has 0 aliphatic carbocycles. The summed E-state index contributed by atoms with van der Waals surface area (Å²) in [6.45, 7) is 0. The van der Waals surface area contributed by atoms with Gasteiger partial charge in [0.15, 0.2) is 5.83 Å². The third-order valence-electron chi connectivity index (χ3n) is 0.468. The summed E-state index contributed by atoms with van der Waals surface area (Å²) >= 11 is 0. The largest absolute Gasteiger partial charge is 0.303 e. The fourth-order valence-corrected chi connectivity index (χ4v) is 0.150. The number of carbonyl (C=O) groups excluding carboxylic acids is 1. The highest BCUT2D eigenvalue weighted by Gasteiger charge is 2.01. The highest BCUT2D eigenvalue weighted by atomic mass is 19.3. The van der Waals surface area contributed by atoms with Gasteiger partial charge >= 0.3 is 6.08 Å². The van der Waals surface area contributed by atoms with E-state index in [0.717, 1.165) is 0 Å². The van der Waals surface area contributed by atoms with Crippen LogP contribution in [-0.2, 0) is 4.79 Å². The average Bonchev–Trinajstić information content (AvgIpc) is 1.67. The van der Waals surface area contributed by atoms with Crippen molar-refractivity contribution >= 4 is 6.29 Å². The zero-order valence-corrected chi connectivity index (χ0v) is 3.83. The Kier molecular flexibility index (Phi) is 2.91. The minimum absolute atomic E-state index is 0.0779. The Morgan fingerprint density at radius 1 is 1.38 bits per heavy atom. The van der Waals surface area contributed by atoms with E-state index in [2.05, 4.69) is 0 Å². The Morgan fingerprint density at radius 2 is 1.88 bits per heavy atom. The predicted octanol–water partition coefficient (Wildman–Crippen LogP) is 1.65. The number of carbonyl (C=O) groups is 1. The average molecular weight is 124 g/mol. The van der Waals surface area contributed by atoms with Crippen molar-refractivity contribution in [2.75, 3.05) is 0 Å². The molecule has 0 bridgehead atoms. The molecule has 0 aromatic carbocycles. The summed E-state index contributed by atoms with van der Waals surface area (Å²) in [6, 6.07) is 0. The van der Waals surface area contributed by atoms with Crippen LogP contribution in [0.2, 0.25) is 0 Å². The van der Waals surface area contributed by atoms with Crippen LogP contribution in [-0.4, -0.2) is 6.29 Å². The third-order valence-corrected chi connectivity index (χ3v) is 0.468. The first-order chi connectivity index (χ1) is 3.68. The first-order valence-corrected chi connectivity index (χ1v) is 1.81. The molecule has 0 heterocycles. The van der Waals surface area contributed by atoms with Gasteiger partial charge in [-0.15, -0.1) is 0 Å². The van der Waals surface area contributed by atoms with Crippen LogP contribution < -0.4 is 0 Å². The quantitative estimate of drug-likeness (QED) is 0.511. The number of aldehydes is 1. The predicted molar refractivity (Wildman–Crippen MR) is 21.0 cm³/mol. The van der Waals surface area contributed by atoms with Gasteiger partial charge in [0.1, 0.15) is 6.29 Å². The number of allylic oxidation sites excluding steroid dienone is 1. The van der Waals surface area contributed by atoms with Crippen LogP contribution >= 0.6 is 0 Å². The zero-order valence-electron chi connectivity index (χ0n) is 3.83. The molecule has 0 aliphatic heterocycles. The molecule has 0 saturated heterocycles. The second-order valence-electron chi connectivity index (χ2n) is 1.04. The summed E-state index contributed by atoms with van der Waals surface area (Å²) < 4.78 is 33.3. The van der Waals surface area contributed by atoms with Crippen LogP contribution in [0.15, 0.2) is 11.9 Å². The Balaban J connectivity index is 3.79. The fraction of sp³-hybridized carbons (Fsp3) is 0.250. The van der Waals surface area contributed by atoms with E-state index in [0.29, 0.717) is 0 Å². The monoisotopic (exact) mass is 124 g/mol. The van der Waals surface area contributed by atoms with E-state index in [4.69, 9.17) is 0 Å². The van der Waals surface area contributed by atoms with Crippen LogP contribution in [0, 0.1) is 0 Å². The van der Waals surface area contributed by atoms with Crippen LogP contribution in [0.4, 0.5) is 13.2 Å². The van der Waals surface area contributed by atoms with Gasteiger partial charge in [0.25, 0.3) is 0 Å². The maximum absolute atomic E-state index is 11.4. The van der Waals surface area contributed by atoms with Gasteiger partial charge in [-0.1, -0.05) is 0 Å². The summed E-state index contributed by atoms with van der Waals surface area (Å²) in [5.41, 5.74) is 0. The first-order valence-electron chi connectivity index (χ1n) is 1.81. The van der Waals surface area contributed by atoms with Crippen molar-refractivity contribution in [1.29, 1.82) is 0 Å². The topological polar surface area (TPSA) is 17.1 Å². The lowest BCUT2D eigenvalue weighted by molar-refractivity contribution is -0.107. The maximum Gasteiger partial charge on any atom is 0.301 e. The van der Waals surface area contributed by atoms with Crippen molar-refractivity contribution in [3.8, 4) is 0 Å². The summed E-state index contributed by atoms with van der Waals surface area (Å²) in [5.74, 6) is -1.65. The lowest BCUT2D eigenvalue weighted by atomic mass is 10.4. The van der Waals surface area contributed by atoms with Crippen molar-refractivity contribution in [3.05, 3.63) is 11.9 Å². The number of halogens is 3. The van der Waals surface area contributed by atoms with E-state index in [-0.39, 0.29) is 6.29 Å². The molecule has 0 unspecified atom stereocenters. The van der Waals surface area contributed by atoms with Gasteiger partial charge in [0.05, 0.1) is 6.42 Å². The van der Waals surface area contributed by atoms with Gasteiger partial charge in [-0.25, -0.2) is 4.39 Å². The van der Waals surface area contributed by atoms with E-state index in [1.54, 1.807) is 0 Å². The molecule has 0 spiro atoms. The molecular weight excluding hydrogens is 121 g/mol. The summed E-state index contributed by atoms with van der Waals surface area (Å²) in [5, 5.41) is 0. The molecule has 0 amide bonds. The Bertz CT molecular complexity index is 114. The van der Waals surface area contributed by atoms with Gasteiger partial charge in [-0.05, 0) is 0 Å². The van der Waals surface area contributed by atoms with Gasteiger partial charge in [-0.2, -0.15) is 8.78 Å². The molecule has 8 heavy (non-hydrogen) atoms. The lowest BCUT2D eigenvalue weighted by Crippen LogP contribution is -1.76. The molecular formula is C4H3F3O. The number of rotatable bonds is 2.